The van der Waals surface area contributed by atoms with Crippen molar-refractivity contribution in [3.63, 3.8) is 0 Å². The van der Waals surface area contributed by atoms with Gasteiger partial charge < -0.3 is 5.73 Å². The summed E-state index contributed by atoms with van der Waals surface area (Å²) in [7, 11) is 0. The van der Waals surface area contributed by atoms with Crippen molar-refractivity contribution in [3.05, 3.63) is 47.9 Å². The topological polar surface area (TPSA) is 51.8 Å². The first-order valence-electron chi connectivity index (χ1n) is 6.12. The van der Waals surface area contributed by atoms with E-state index in [1.165, 1.54) is 5.56 Å². The summed E-state index contributed by atoms with van der Waals surface area (Å²) in [6.07, 6.45) is 1.56. The number of benzene rings is 1. The second-order valence-electron chi connectivity index (χ2n) is 5.43. The maximum atomic E-state index is 5.59. The zero-order valence-corrected chi connectivity index (χ0v) is 11.1. The third kappa shape index (κ3) is 2.74. The van der Waals surface area contributed by atoms with Crippen LogP contribution in [0.4, 0.5) is 0 Å². The van der Waals surface area contributed by atoms with Gasteiger partial charge in [-0.05, 0) is 17.0 Å². The van der Waals surface area contributed by atoms with Crippen LogP contribution in [0.1, 0.15) is 32.0 Å². The first-order chi connectivity index (χ1) is 8.50. The van der Waals surface area contributed by atoms with E-state index in [1.807, 2.05) is 6.07 Å². The summed E-state index contributed by atoms with van der Waals surface area (Å²) in [5, 5.41) is 0. The van der Waals surface area contributed by atoms with Gasteiger partial charge in [-0.15, -0.1) is 0 Å². The van der Waals surface area contributed by atoms with Crippen LogP contribution in [0.15, 0.2) is 36.7 Å². The normalized spacial score (nSPS) is 11.6. The summed E-state index contributed by atoms with van der Waals surface area (Å²) >= 11 is 0. The third-order valence-corrected chi connectivity index (χ3v) is 2.98. The van der Waals surface area contributed by atoms with Crippen LogP contribution in [-0.2, 0) is 12.0 Å². The maximum Gasteiger partial charge on any atom is 0.116 e. The van der Waals surface area contributed by atoms with Gasteiger partial charge in [0, 0.05) is 12.1 Å². The Morgan fingerprint density at radius 3 is 2.28 bits per heavy atom. The van der Waals surface area contributed by atoms with E-state index in [9.17, 15) is 0 Å². The third-order valence-electron chi connectivity index (χ3n) is 2.98. The number of nitrogens with zero attached hydrogens (tertiary/aromatic N) is 2. The predicted octanol–water partition coefficient (Wildman–Crippen LogP) is 2.90. The summed E-state index contributed by atoms with van der Waals surface area (Å²) in [5.41, 5.74) is 9.96. The second-order valence-corrected chi connectivity index (χ2v) is 5.43. The van der Waals surface area contributed by atoms with Gasteiger partial charge in [0.05, 0.1) is 11.4 Å². The standard InChI is InChI=1S/C15H19N3/c1-15(2,3)12-6-4-11(5-7-12)14-8-13(9-16)17-10-18-14/h4-8,10H,9,16H2,1-3H3. The molecule has 94 valence electrons. The molecule has 2 rings (SSSR count). The highest BCUT2D eigenvalue weighted by Gasteiger charge is 2.13. The molecule has 0 aliphatic carbocycles. The molecule has 0 bridgehead atoms. The van der Waals surface area contributed by atoms with Gasteiger partial charge in [-0.3, -0.25) is 0 Å². The Labute approximate surface area is 108 Å². The zero-order chi connectivity index (χ0) is 13.2. The summed E-state index contributed by atoms with van der Waals surface area (Å²) < 4.78 is 0. The Hall–Kier alpha value is -1.74. The van der Waals surface area contributed by atoms with E-state index >= 15 is 0 Å². The summed E-state index contributed by atoms with van der Waals surface area (Å²) in [4.78, 5) is 8.39. The van der Waals surface area contributed by atoms with Crippen LogP contribution in [0.5, 0.6) is 0 Å². The van der Waals surface area contributed by atoms with E-state index in [2.05, 4.69) is 55.0 Å². The minimum absolute atomic E-state index is 0.173. The molecule has 2 aromatic rings. The van der Waals surface area contributed by atoms with Gasteiger partial charge in [-0.2, -0.15) is 0 Å². The van der Waals surface area contributed by atoms with Gasteiger partial charge in [-0.1, -0.05) is 45.0 Å². The predicted molar refractivity (Wildman–Crippen MR) is 74.1 cm³/mol. The smallest absolute Gasteiger partial charge is 0.116 e. The summed E-state index contributed by atoms with van der Waals surface area (Å²) in [5.74, 6) is 0. The quantitative estimate of drug-likeness (QED) is 0.879. The van der Waals surface area contributed by atoms with Gasteiger partial charge in [0.15, 0.2) is 0 Å². The Balaban J connectivity index is 2.34. The molecule has 0 spiro atoms. The zero-order valence-electron chi connectivity index (χ0n) is 11.1. The van der Waals surface area contributed by atoms with E-state index in [-0.39, 0.29) is 5.41 Å². The molecule has 18 heavy (non-hydrogen) atoms. The molecule has 0 saturated carbocycles. The molecule has 0 aliphatic rings. The largest absolute Gasteiger partial charge is 0.325 e. The number of nitrogens with two attached hydrogens (primary N) is 1. The lowest BCUT2D eigenvalue weighted by Gasteiger charge is -2.19. The monoisotopic (exact) mass is 241 g/mol. The van der Waals surface area contributed by atoms with Gasteiger partial charge in [0.1, 0.15) is 6.33 Å². The molecule has 1 aromatic heterocycles. The van der Waals surface area contributed by atoms with Gasteiger partial charge >= 0.3 is 0 Å². The number of hydrogen-bond acceptors (Lipinski definition) is 3. The average Bonchev–Trinajstić information content (AvgIpc) is 2.38. The lowest BCUT2D eigenvalue weighted by atomic mass is 9.86. The molecule has 0 saturated heterocycles. The molecule has 0 amide bonds. The summed E-state index contributed by atoms with van der Waals surface area (Å²) in [6.45, 7) is 7.06. The molecule has 2 N–H and O–H groups in total. The van der Waals surface area contributed by atoms with E-state index in [4.69, 9.17) is 5.73 Å². The Bertz CT molecular complexity index is 524. The fourth-order valence-corrected chi connectivity index (χ4v) is 1.81. The van der Waals surface area contributed by atoms with Gasteiger partial charge in [0.25, 0.3) is 0 Å². The molecule has 0 unspecified atom stereocenters. The molecule has 0 fully saturated rings. The number of hydrogen-bond donors (Lipinski definition) is 1. The van der Waals surface area contributed by atoms with Crippen LogP contribution < -0.4 is 5.73 Å². The second kappa shape index (κ2) is 4.86. The Kier molecular flexibility index (Phi) is 3.43. The van der Waals surface area contributed by atoms with Crippen molar-refractivity contribution in [2.24, 2.45) is 5.73 Å². The van der Waals surface area contributed by atoms with Crippen LogP contribution in [0.2, 0.25) is 0 Å². The first-order valence-corrected chi connectivity index (χ1v) is 6.12. The van der Waals surface area contributed by atoms with Crippen LogP contribution >= 0.6 is 0 Å². The molecule has 1 aromatic carbocycles. The number of rotatable bonds is 2. The Morgan fingerprint density at radius 2 is 1.72 bits per heavy atom. The van der Waals surface area contributed by atoms with Crippen molar-refractivity contribution in [2.75, 3.05) is 0 Å². The van der Waals surface area contributed by atoms with E-state index < -0.39 is 0 Å². The van der Waals surface area contributed by atoms with Crippen LogP contribution in [0.25, 0.3) is 11.3 Å². The van der Waals surface area contributed by atoms with E-state index in [0.29, 0.717) is 6.54 Å². The van der Waals surface area contributed by atoms with Gasteiger partial charge in [0.2, 0.25) is 0 Å². The van der Waals surface area contributed by atoms with E-state index in [1.54, 1.807) is 6.33 Å². The summed E-state index contributed by atoms with van der Waals surface area (Å²) in [6, 6.07) is 10.4. The molecular formula is C15H19N3. The lowest BCUT2D eigenvalue weighted by molar-refractivity contribution is 0.590. The lowest BCUT2D eigenvalue weighted by Crippen LogP contribution is -2.10. The van der Waals surface area contributed by atoms with Crippen molar-refractivity contribution >= 4 is 0 Å². The highest BCUT2D eigenvalue weighted by molar-refractivity contribution is 5.59. The molecular weight excluding hydrogens is 222 g/mol. The van der Waals surface area contributed by atoms with Crippen LogP contribution in [-0.4, -0.2) is 9.97 Å². The molecule has 1 heterocycles. The first kappa shape index (κ1) is 12.7. The minimum atomic E-state index is 0.173. The van der Waals surface area contributed by atoms with Crippen molar-refractivity contribution in [1.82, 2.24) is 9.97 Å². The number of aromatic nitrogens is 2. The van der Waals surface area contributed by atoms with Crippen molar-refractivity contribution in [1.29, 1.82) is 0 Å². The van der Waals surface area contributed by atoms with Gasteiger partial charge in [-0.25, -0.2) is 9.97 Å². The molecule has 0 radical (unpaired) electrons. The highest BCUT2D eigenvalue weighted by atomic mass is 14.8. The van der Waals surface area contributed by atoms with Crippen LogP contribution in [0.3, 0.4) is 0 Å². The maximum absolute atomic E-state index is 5.59. The average molecular weight is 241 g/mol. The molecule has 0 aliphatic heterocycles. The van der Waals surface area contributed by atoms with E-state index in [0.717, 1.165) is 17.0 Å². The fourth-order valence-electron chi connectivity index (χ4n) is 1.81. The molecule has 0 atom stereocenters. The van der Waals surface area contributed by atoms with Crippen LogP contribution in [0, 0.1) is 0 Å². The van der Waals surface area contributed by atoms with Crippen molar-refractivity contribution in [3.8, 4) is 11.3 Å². The molecule has 3 heteroatoms. The fraction of sp³-hybridized carbons (Fsp3) is 0.333. The Morgan fingerprint density at radius 1 is 1.06 bits per heavy atom. The SMILES string of the molecule is CC(C)(C)c1ccc(-c2cc(CN)ncn2)cc1. The van der Waals surface area contributed by atoms with Crippen molar-refractivity contribution < 1.29 is 0 Å². The molecule has 3 nitrogen and oxygen atoms in total. The van der Waals surface area contributed by atoms with Crippen molar-refractivity contribution in [2.45, 2.75) is 32.7 Å². The highest BCUT2D eigenvalue weighted by Crippen LogP contribution is 2.25. The minimum Gasteiger partial charge on any atom is -0.325 e.